The van der Waals surface area contributed by atoms with Gasteiger partial charge in [0.1, 0.15) is 5.65 Å². The first-order valence-corrected chi connectivity index (χ1v) is 11.2. The first-order chi connectivity index (χ1) is 16.9. The highest BCUT2D eigenvalue weighted by molar-refractivity contribution is 6.01. The quantitative estimate of drug-likeness (QED) is 0.333. The van der Waals surface area contributed by atoms with E-state index < -0.39 is 0 Å². The number of hydrogen-bond donors (Lipinski definition) is 3. The number of hydrogen-bond acceptors (Lipinski definition) is 4. The molecule has 0 unspecified atom stereocenters. The van der Waals surface area contributed by atoms with Crippen molar-refractivity contribution in [2.75, 3.05) is 36.6 Å². The molecule has 178 valence electrons. The van der Waals surface area contributed by atoms with Crippen LogP contribution in [-0.4, -0.2) is 46.9 Å². The lowest BCUT2D eigenvalue weighted by Crippen LogP contribution is -2.19. The molecule has 35 heavy (non-hydrogen) atoms. The monoisotopic (exact) mass is 468 g/mol. The SMILES string of the molecule is Cc1cccc2nc(-c3ccc(NC(=O)Nc4ccc(NC(=O)/C=C/CN(C)C)cc4)cc3)cn12. The van der Waals surface area contributed by atoms with Crippen molar-refractivity contribution < 1.29 is 9.59 Å². The maximum atomic E-state index is 12.4. The van der Waals surface area contributed by atoms with E-state index in [0.717, 1.165) is 22.6 Å². The van der Waals surface area contributed by atoms with Crippen molar-refractivity contribution in [3.05, 3.63) is 90.8 Å². The van der Waals surface area contributed by atoms with E-state index in [9.17, 15) is 9.59 Å². The molecule has 0 aliphatic rings. The Morgan fingerprint density at radius 3 is 2.09 bits per heavy atom. The number of rotatable bonds is 7. The van der Waals surface area contributed by atoms with Gasteiger partial charge >= 0.3 is 6.03 Å². The van der Waals surface area contributed by atoms with Gasteiger partial charge in [0.15, 0.2) is 0 Å². The third-order valence-corrected chi connectivity index (χ3v) is 5.28. The number of aromatic nitrogens is 2. The van der Waals surface area contributed by atoms with Gasteiger partial charge in [-0.2, -0.15) is 0 Å². The number of nitrogens with one attached hydrogen (secondary N) is 3. The number of amides is 3. The molecule has 0 spiro atoms. The summed E-state index contributed by atoms with van der Waals surface area (Å²) in [4.78, 5) is 31.0. The molecule has 0 fully saturated rings. The van der Waals surface area contributed by atoms with E-state index in [-0.39, 0.29) is 11.9 Å². The highest BCUT2D eigenvalue weighted by Crippen LogP contribution is 2.22. The van der Waals surface area contributed by atoms with Gasteiger partial charge in [-0.1, -0.05) is 24.3 Å². The van der Waals surface area contributed by atoms with E-state index in [1.807, 2.05) is 79.0 Å². The minimum Gasteiger partial charge on any atom is -0.323 e. The van der Waals surface area contributed by atoms with Gasteiger partial charge in [0.05, 0.1) is 5.69 Å². The summed E-state index contributed by atoms with van der Waals surface area (Å²) in [7, 11) is 3.87. The second-order valence-electron chi connectivity index (χ2n) is 8.41. The van der Waals surface area contributed by atoms with E-state index in [1.54, 1.807) is 30.3 Å². The zero-order valence-electron chi connectivity index (χ0n) is 19.9. The van der Waals surface area contributed by atoms with Crippen LogP contribution < -0.4 is 16.0 Å². The fourth-order valence-electron chi connectivity index (χ4n) is 3.50. The summed E-state index contributed by atoms with van der Waals surface area (Å²) >= 11 is 0. The first kappa shape index (κ1) is 23.7. The molecule has 0 aliphatic heterocycles. The summed E-state index contributed by atoms with van der Waals surface area (Å²) in [6.45, 7) is 2.73. The predicted octanol–water partition coefficient (Wildman–Crippen LogP) is 5.01. The van der Waals surface area contributed by atoms with Crippen LogP contribution >= 0.6 is 0 Å². The Morgan fingerprint density at radius 2 is 1.49 bits per heavy atom. The molecule has 3 N–H and O–H groups in total. The summed E-state index contributed by atoms with van der Waals surface area (Å²) in [5.41, 5.74) is 5.77. The third-order valence-electron chi connectivity index (χ3n) is 5.28. The molecule has 0 aliphatic carbocycles. The lowest BCUT2D eigenvalue weighted by atomic mass is 10.1. The largest absolute Gasteiger partial charge is 0.323 e. The number of imidazole rings is 1. The molecule has 3 amide bonds. The lowest BCUT2D eigenvalue weighted by molar-refractivity contribution is -0.111. The molecule has 2 aromatic carbocycles. The first-order valence-electron chi connectivity index (χ1n) is 11.2. The van der Waals surface area contributed by atoms with Crippen LogP contribution in [0, 0.1) is 6.92 Å². The Morgan fingerprint density at radius 1 is 0.886 bits per heavy atom. The van der Waals surface area contributed by atoms with E-state index in [4.69, 9.17) is 0 Å². The minimum absolute atomic E-state index is 0.201. The zero-order valence-corrected chi connectivity index (χ0v) is 19.9. The summed E-state index contributed by atoms with van der Waals surface area (Å²) < 4.78 is 2.05. The maximum absolute atomic E-state index is 12.4. The molecule has 0 saturated carbocycles. The Kier molecular flexibility index (Phi) is 7.23. The number of nitrogens with zero attached hydrogens (tertiary/aromatic N) is 3. The fourth-order valence-corrected chi connectivity index (χ4v) is 3.50. The van der Waals surface area contributed by atoms with Crippen molar-refractivity contribution in [3.63, 3.8) is 0 Å². The number of carbonyl (C=O) groups is 2. The highest BCUT2D eigenvalue weighted by Gasteiger charge is 2.07. The molecule has 0 radical (unpaired) electrons. The molecule has 0 atom stereocenters. The van der Waals surface area contributed by atoms with Gasteiger partial charge < -0.3 is 25.3 Å². The van der Waals surface area contributed by atoms with Crippen LogP contribution in [0.5, 0.6) is 0 Å². The van der Waals surface area contributed by atoms with Gasteiger partial charge in [-0.15, -0.1) is 0 Å². The van der Waals surface area contributed by atoms with Crippen LogP contribution in [0.4, 0.5) is 21.9 Å². The van der Waals surface area contributed by atoms with Crippen molar-refractivity contribution in [2.24, 2.45) is 0 Å². The van der Waals surface area contributed by atoms with Gasteiger partial charge in [0.25, 0.3) is 0 Å². The fraction of sp³-hybridized carbons (Fsp3) is 0.148. The summed E-state index contributed by atoms with van der Waals surface area (Å²) in [5.74, 6) is -0.201. The van der Waals surface area contributed by atoms with Crippen LogP contribution in [0.3, 0.4) is 0 Å². The van der Waals surface area contributed by atoms with Crippen molar-refractivity contribution in [1.29, 1.82) is 0 Å². The second-order valence-corrected chi connectivity index (χ2v) is 8.41. The lowest BCUT2D eigenvalue weighted by Gasteiger charge is -2.09. The van der Waals surface area contributed by atoms with Crippen molar-refractivity contribution in [3.8, 4) is 11.3 Å². The van der Waals surface area contributed by atoms with Crippen LogP contribution in [0.25, 0.3) is 16.9 Å². The minimum atomic E-state index is -0.357. The summed E-state index contributed by atoms with van der Waals surface area (Å²) in [6, 6.07) is 20.1. The predicted molar refractivity (Wildman–Crippen MR) is 141 cm³/mol. The standard InChI is InChI=1S/C27H28N6O2/c1-19-6-4-7-25-31-24(18-33(19)25)20-9-11-22(12-10-20)29-27(35)30-23-15-13-21(14-16-23)28-26(34)8-5-17-32(2)3/h4-16,18H,17H2,1-3H3,(H,28,34)(H2,29,30,35)/b8-5+. The third kappa shape index (κ3) is 6.33. The Bertz CT molecular complexity index is 1350. The number of anilines is 3. The number of fused-ring (bicyclic) bond motifs is 1. The summed E-state index contributed by atoms with van der Waals surface area (Å²) in [5, 5.41) is 8.40. The molecule has 8 nitrogen and oxygen atoms in total. The van der Waals surface area contributed by atoms with E-state index in [1.165, 1.54) is 6.08 Å². The Balaban J connectivity index is 1.31. The number of carbonyl (C=O) groups excluding carboxylic acids is 2. The van der Waals surface area contributed by atoms with Crippen LogP contribution in [0.15, 0.2) is 85.1 Å². The molecule has 8 heteroatoms. The van der Waals surface area contributed by atoms with Gasteiger partial charge in [-0.3, -0.25) is 4.79 Å². The number of pyridine rings is 1. The average molecular weight is 469 g/mol. The molecule has 2 aromatic heterocycles. The number of likely N-dealkylation sites (N-methyl/N-ethyl adjacent to an activating group) is 1. The number of urea groups is 1. The van der Waals surface area contributed by atoms with Crippen LogP contribution in [-0.2, 0) is 4.79 Å². The highest BCUT2D eigenvalue weighted by atomic mass is 16.2. The van der Waals surface area contributed by atoms with E-state index >= 15 is 0 Å². The van der Waals surface area contributed by atoms with Crippen LogP contribution in [0.2, 0.25) is 0 Å². The van der Waals surface area contributed by atoms with Gasteiger partial charge in [-0.25, -0.2) is 9.78 Å². The maximum Gasteiger partial charge on any atom is 0.323 e. The van der Waals surface area contributed by atoms with Crippen molar-refractivity contribution in [2.45, 2.75) is 6.92 Å². The number of aryl methyl sites for hydroxylation is 1. The molecule has 0 saturated heterocycles. The average Bonchev–Trinajstić information content (AvgIpc) is 3.26. The van der Waals surface area contributed by atoms with Gasteiger partial charge in [-0.05, 0) is 69.6 Å². The zero-order chi connectivity index (χ0) is 24.8. The van der Waals surface area contributed by atoms with Gasteiger partial charge in [0, 0.05) is 47.1 Å². The van der Waals surface area contributed by atoms with E-state index in [0.29, 0.717) is 23.6 Å². The van der Waals surface area contributed by atoms with E-state index in [2.05, 4.69) is 20.9 Å². The molecule has 4 aromatic rings. The number of benzene rings is 2. The molecule has 2 heterocycles. The van der Waals surface area contributed by atoms with Crippen molar-refractivity contribution >= 4 is 34.6 Å². The molecule has 4 rings (SSSR count). The second kappa shape index (κ2) is 10.7. The van der Waals surface area contributed by atoms with Crippen LogP contribution in [0.1, 0.15) is 5.69 Å². The molecular weight excluding hydrogens is 440 g/mol. The Labute approximate surface area is 204 Å². The smallest absolute Gasteiger partial charge is 0.323 e. The summed E-state index contributed by atoms with van der Waals surface area (Å²) in [6.07, 6.45) is 5.30. The topological polar surface area (TPSA) is 90.8 Å². The van der Waals surface area contributed by atoms with Crippen molar-refractivity contribution in [1.82, 2.24) is 14.3 Å². The Hall–Kier alpha value is -4.43. The molecule has 0 bridgehead atoms. The normalized spacial score (nSPS) is 11.2. The van der Waals surface area contributed by atoms with Gasteiger partial charge in [0.2, 0.25) is 5.91 Å². The molecular formula is C27H28N6O2.